The number of amides is 1. The number of hydrogen-bond acceptors (Lipinski definition) is 5. The molecule has 0 aliphatic carbocycles. The fraction of sp³-hybridized carbons (Fsp3) is 0.417. The molecule has 1 aliphatic heterocycles. The van der Waals surface area contributed by atoms with Gasteiger partial charge in [-0.15, -0.1) is 0 Å². The predicted molar refractivity (Wildman–Crippen MR) is 123 cm³/mol. The lowest BCUT2D eigenvalue weighted by Crippen LogP contribution is -2.41. The van der Waals surface area contributed by atoms with E-state index < -0.39 is 11.7 Å². The number of hydrogen-bond donors (Lipinski definition) is 1. The fourth-order valence-corrected chi connectivity index (χ4v) is 3.52. The highest BCUT2D eigenvalue weighted by Crippen LogP contribution is 2.30. The summed E-state index contributed by atoms with van der Waals surface area (Å²) in [5.74, 6) is 0.452. The molecule has 1 aliphatic rings. The van der Waals surface area contributed by atoms with Crippen LogP contribution >= 0.6 is 0 Å². The lowest BCUT2D eigenvalue weighted by molar-refractivity contribution is -0.137. The molecule has 3 rings (SSSR count). The molecule has 33 heavy (non-hydrogen) atoms. The molecule has 2 aromatic carbocycles. The van der Waals surface area contributed by atoms with E-state index in [1.807, 2.05) is 31.3 Å². The molecule has 178 valence electrons. The van der Waals surface area contributed by atoms with E-state index in [1.54, 1.807) is 5.01 Å². The number of alkyl halides is 3. The van der Waals surface area contributed by atoms with Crippen molar-refractivity contribution >= 4 is 17.3 Å². The maximum atomic E-state index is 12.7. The summed E-state index contributed by atoms with van der Waals surface area (Å²) in [4.78, 5) is 14.7. The molecular weight excluding hydrogens is 433 g/mol. The number of carbonyl (C=O) groups is 1. The van der Waals surface area contributed by atoms with Crippen LogP contribution in [-0.2, 0) is 11.0 Å². The van der Waals surface area contributed by atoms with Gasteiger partial charge in [-0.3, -0.25) is 14.7 Å². The van der Waals surface area contributed by atoms with Gasteiger partial charge in [-0.1, -0.05) is 13.8 Å². The number of anilines is 1. The Labute approximate surface area is 192 Å². The largest absolute Gasteiger partial charge is 0.494 e. The maximum absolute atomic E-state index is 12.7. The van der Waals surface area contributed by atoms with Gasteiger partial charge in [0.1, 0.15) is 12.3 Å². The van der Waals surface area contributed by atoms with Gasteiger partial charge in [-0.25, -0.2) is 0 Å². The minimum absolute atomic E-state index is 0.00370. The first-order chi connectivity index (χ1) is 15.7. The number of rotatable bonds is 9. The highest BCUT2D eigenvalue weighted by molar-refractivity contribution is 6.05. The van der Waals surface area contributed by atoms with Gasteiger partial charge in [-0.2, -0.15) is 18.3 Å². The molecular formula is C24H29F3N4O2. The number of hydrazone groups is 1. The van der Waals surface area contributed by atoms with Gasteiger partial charge in [0, 0.05) is 5.69 Å². The van der Waals surface area contributed by atoms with Crippen molar-refractivity contribution in [2.75, 3.05) is 38.6 Å². The van der Waals surface area contributed by atoms with Crippen LogP contribution in [0.15, 0.2) is 53.6 Å². The van der Waals surface area contributed by atoms with Crippen molar-refractivity contribution in [1.82, 2.24) is 9.91 Å². The molecule has 1 heterocycles. The summed E-state index contributed by atoms with van der Waals surface area (Å²) in [6.07, 6.45) is -3.48. The zero-order valence-corrected chi connectivity index (χ0v) is 19.0. The van der Waals surface area contributed by atoms with Gasteiger partial charge < -0.3 is 10.1 Å². The summed E-state index contributed by atoms with van der Waals surface area (Å²) >= 11 is 0. The quantitative estimate of drug-likeness (QED) is 0.597. The maximum Gasteiger partial charge on any atom is 0.416 e. The molecule has 0 saturated carbocycles. The van der Waals surface area contributed by atoms with E-state index in [0.29, 0.717) is 18.8 Å². The lowest BCUT2D eigenvalue weighted by atomic mass is 10.0. The van der Waals surface area contributed by atoms with E-state index >= 15 is 0 Å². The number of ether oxygens (including phenoxy) is 1. The smallest absolute Gasteiger partial charge is 0.416 e. The van der Waals surface area contributed by atoms with Gasteiger partial charge in [0.2, 0.25) is 5.91 Å². The van der Waals surface area contributed by atoms with Crippen molar-refractivity contribution in [3.8, 4) is 5.75 Å². The summed E-state index contributed by atoms with van der Waals surface area (Å²) in [5, 5.41) is 9.01. The summed E-state index contributed by atoms with van der Waals surface area (Å²) in [6.45, 7) is 6.11. The van der Waals surface area contributed by atoms with Crippen LogP contribution < -0.4 is 10.1 Å². The molecule has 1 atom stereocenters. The number of carbonyl (C=O) groups excluding carboxylic acids is 1. The molecule has 1 N–H and O–H groups in total. The Kier molecular flexibility index (Phi) is 7.97. The molecule has 0 saturated heterocycles. The third kappa shape index (κ3) is 6.47. The average Bonchev–Trinajstić information content (AvgIpc) is 3.20. The van der Waals surface area contributed by atoms with Crippen LogP contribution in [0.25, 0.3) is 0 Å². The van der Waals surface area contributed by atoms with Crippen LogP contribution in [0.5, 0.6) is 5.75 Å². The molecule has 9 heteroatoms. The summed E-state index contributed by atoms with van der Waals surface area (Å²) < 4.78 is 43.8. The third-order valence-electron chi connectivity index (χ3n) is 5.42. The minimum atomic E-state index is -4.41. The Hall–Kier alpha value is -3.07. The monoisotopic (exact) mass is 462 g/mol. The van der Waals surface area contributed by atoms with Gasteiger partial charge in [0.05, 0.1) is 30.5 Å². The first kappa shape index (κ1) is 24.6. The number of nitrogens with zero attached hydrogens (tertiary/aromatic N) is 3. The first-order valence-electron chi connectivity index (χ1n) is 10.9. The second kappa shape index (κ2) is 10.7. The molecule has 1 unspecified atom stereocenters. The van der Waals surface area contributed by atoms with Crippen molar-refractivity contribution in [3.05, 3.63) is 59.7 Å². The molecule has 0 spiro atoms. The zero-order chi connectivity index (χ0) is 24.0. The Bertz CT molecular complexity index is 959. The number of likely N-dealkylation sites (N-methyl/N-ethyl adjacent to an activating group) is 1. The molecule has 0 bridgehead atoms. The molecule has 1 amide bonds. The van der Waals surface area contributed by atoms with Gasteiger partial charge >= 0.3 is 6.18 Å². The standard InChI is InChI=1S/C24H29F3N4O2/c1-4-14-33-20-12-6-17(7-13-20)23-21(30(3)5-2)15-31(29-23)16-22(32)28-19-10-8-18(9-11-19)24(25,26)27/h6-13,21H,4-5,14-16H2,1-3H3,(H,28,32). The van der Waals surface area contributed by atoms with Gasteiger partial charge in [0.15, 0.2) is 0 Å². The third-order valence-corrected chi connectivity index (χ3v) is 5.42. The molecule has 0 aromatic heterocycles. The molecule has 0 fully saturated rings. The van der Waals surface area contributed by atoms with Crippen LogP contribution in [0.3, 0.4) is 0 Å². The number of halogens is 3. The van der Waals surface area contributed by atoms with Crippen molar-refractivity contribution in [3.63, 3.8) is 0 Å². The Morgan fingerprint density at radius 3 is 2.39 bits per heavy atom. The van der Waals surface area contributed by atoms with Gasteiger partial charge in [-0.05, 0) is 74.1 Å². The summed E-state index contributed by atoms with van der Waals surface area (Å²) in [6, 6.07) is 12.1. The number of benzene rings is 2. The highest BCUT2D eigenvalue weighted by Gasteiger charge is 2.32. The van der Waals surface area contributed by atoms with Crippen molar-refractivity contribution < 1.29 is 22.7 Å². The Morgan fingerprint density at radius 1 is 1.15 bits per heavy atom. The normalized spacial score (nSPS) is 16.2. The van der Waals surface area contributed by atoms with Crippen molar-refractivity contribution in [2.45, 2.75) is 32.5 Å². The van der Waals surface area contributed by atoms with E-state index in [1.165, 1.54) is 12.1 Å². The van der Waals surface area contributed by atoms with Crippen LogP contribution in [0.4, 0.5) is 18.9 Å². The topological polar surface area (TPSA) is 57.2 Å². The fourth-order valence-electron chi connectivity index (χ4n) is 3.52. The zero-order valence-electron chi connectivity index (χ0n) is 19.0. The molecule has 2 aromatic rings. The van der Waals surface area contributed by atoms with E-state index in [4.69, 9.17) is 4.74 Å². The SMILES string of the molecule is CCCOc1ccc(C2=NN(CC(=O)Nc3ccc(C(F)(F)F)cc3)CC2N(C)CC)cc1. The molecule has 6 nitrogen and oxygen atoms in total. The highest BCUT2D eigenvalue weighted by atomic mass is 19.4. The van der Waals surface area contributed by atoms with Crippen LogP contribution in [0.2, 0.25) is 0 Å². The molecule has 0 radical (unpaired) electrons. The average molecular weight is 463 g/mol. The van der Waals surface area contributed by atoms with E-state index in [-0.39, 0.29) is 18.5 Å². The second-order valence-corrected chi connectivity index (χ2v) is 7.92. The summed E-state index contributed by atoms with van der Waals surface area (Å²) in [7, 11) is 2.00. The van der Waals surface area contributed by atoms with Crippen LogP contribution in [-0.4, -0.2) is 60.9 Å². The Morgan fingerprint density at radius 2 is 1.82 bits per heavy atom. The van der Waals surface area contributed by atoms with Crippen LogP contribution in [0.1, 0.15) is 31.4 Å². The number of nitrogens with one attached hydrogen (secondary N) is 1. The Balaban J connectivity index is 1.68. The van der Waals surface area contributed by atoms with Crippen molar-refractivity contribution in [1.29, 1.82) is 0 Å². The van der Waals surface area contributed by atoms with Gasteiger partial charge in [0.25, 0.3) is 0 Å². The summed E-state index contributed by atoms with van der Waals surface area (Å²) in [5.41, 5.74) is 1.37. The predicted octanol–water partition coefficient (Wildman–Crippen LogP) is 4.47. The van der Waals surface area contributed by atoms with E-state index in [0.717, 1.165) is 42.1 Å². The van der Waals surface area contributed by atoms with Crippen molar-refractivity contribution in [2.24, 2.45) is 5.10 Å². The van der Waals surface area contributed by atoms with Crippen LogP contribution in [0, 0.1) is 0 Å². The second-order valence-electron chi connectivity index (χ2n) is 7.92. The minimum Gasteiger partial charge on any atom is -0.494 e. The van der Waals surface area contributed by atoms with E-state index in [2.05, 4.69) is 29.2 Å². The lowest BCUT2D eigenvalue weighted by Gasteiger charge is -2.24. The first-order valence-corrected chi connectivity index (χ1v) is 10.9. The van der Waals surface area contributed by atoms with E-state index in [9.17, 15) is 18.0 Å².